The molecule has 0 aliphatic heterocycles. The summed E-state index contributed by atoms with van der Waals surface area (Å²) in [6.07, 6.45) is 1.92. The second kappa shape index (κ2) is 6.69. The van der Waals surface area contributed by atoms with E-state index in [1.54, 1.807) is 20.8 Å². The molecular weight excluding hydrogens is 264 g/mol. The van der Waals surface area contributed by atoms with Crippen molar-refractivity contribution in [3.63, 3.8) is 0 Å². The first-order valence-corrected chi connectivity index (χ1v) is 6.04. The summed E-state index contributed by atoms with van der Waals surface area (Å²) in [4.78, 5) is 29.6. The molecule has 8 heteroatoms. The Morgan fingerprint density at radius 3 is 2.35 bits per heavy atom. The normalized spacial score (nSPS) is 10.8. The van der Waals surface area contributed by atoms with Crippen LogP contribution in [-0.2, 0) is 4.74 Å². The van der Waals surface area contributed by atoms with Crippen molar-refractivity contribution in [2.45, 2.75) is 26.4 Å². The molecule has 0 unspecified atom stereocenters. The van der Waals surface area contributed by atoms with Crippen molar-refractivity contribution in [3.05, 3.63) is 18.0 Å². The summed E-state index contributed by atoms with van der Waals surface area (Å²) in [5.41, 5.74) is -0.518. The van der Waals surface area contributed by atoms with Gasteiger partial charge < -0.3 is 20.5 Å². The Morgan fingerprint density at radius 1 is 1.25 bits per heavy atom. The number of anilines is 1. The van der Waals surface area contributed by atoms with E-state index >= 15 is 0 Å². The number of carboxylic acid groups (broad SMARTS) is 1. The Labute approximate surface area is 116 Å². The van der Waals surface area contributed by atoms with E-state index in [1.165, 1.54) is 12.4 Å². The van der Waals surface area contributed by atoms with Gasteiger partial charge in [-0.25, -0.2) is 19.6 Å². The number of ether oxygens (including phenoxy) is 1. The van der Waals surface area contributed by atoms with Crippen LogP contribution in [0.25, 0.3) is 0 Å². The van der Waals surface area contributed by atoms with E-state index in [1.807, 2.05) is 0 Å². The van der Waals surface area contributed by atoms with Crippen LogP contribution in [0.2, 0.25) is 0 Å². The maximum atomic E-state index is 11.3. The van der Waals surface area contributed by atoms with E-state index in [9.17, 15) is 9.59 Å². The molecule has 0 radical (unpaired) electrons. The summed E-state index contributed by atoms with van der Waals surface area (Å²) in [6.45, 7) is 6.07. The van der Waals surface area contributed by atoms with Crippen LogP contribution in [-0.4, -0.2) is 45.8 Å². The Hall–Kier alpha value is -2.38. The number of carbonyl (C=O) groups excluding carboxylic acids is 1. The number of alkyl carbamates (subject to hydrolysis) is 1. The summed E-state index contributed by atoms with van der Waals surface area (Å²) >= 11 is 0. The van der Waals surface area contributed by atoms with Gasteiger partial charge in [0.1, 0.15) is 5.60 Å². The fraction of sp³-hybridized carbons (Fsp3) is 0.500. The molecule has 0 bridgehead atoms. The number of nitrogens with zero attached hydrogens (tertiary/aromatic N) is 2. The topological polar surface area (TPSA) is 113 Å². The van der Waals surface area contributed by atoms with Crippen molar-refractivity contribution >= 4 is 18.0 Å². The van der Waals surface area contributed by atoms with Crippen LogP contribution in [0, 0.1) is 0 Å². The first-order chi connectivity index (χ1) is 9.28. The fourth-order valence-corrected chi connectivity index (χ4v) is 1.18. The first-order valence-electron chi connectivity index (χ1n) is 6.04. The lowest BCUT2D eigenvalue weighted by Crippen LogP contribution is -2.35. The lowest BCUT2D eigenvalue weighted by molar-refractivity contribution is 0.0529. The van der Waals surface area contributed by atoms with Crippen LogP contribution in [0.4, 0.5) is 10.7 Å². The van der Waals surface area contributed by atoms with Crippen molar-refractivity contribution in [1.82, 2.24) is 15.3 Å². The minimum atomic E-state index is -1.08. The Balaban J connectivity index is 2.27. The standard InChI is InChI=1S/C12H18N4O4/c1-12(2,3)20-11(19)14-5-4-13-10-15-6-8(7-16-10)9(17)18/h6-7H,4-5H2,1-3H3,(H,14,19)(H,17,18)(H,13,15,16). The lowest BCUT2D eigenvalue weighted by Gasteiger charge is -2.19. The summed E-state index contributed by atoms with van der Waals surface area (Å²) in [6, 6.07) is 0. The highest BCUT2D eigenvalue weighted by Crippen LogP contribution is 2.06. The Kier molecular flexibility index (Phi) is 5.24. The molecule has 3 N–H and O–H groups in total. The molecule has 1 rings (SSSR count). The molecule has 1 amide bonds. The molecule has 1 aromatic heterocycles. The van der Waals surface area contributed by atoms with E-state index < -0.39 is 17.7 Å². The van der Waals surface area contributed by atoms with Crippen LogP contribution in [0.5, 0.6) is 0 Å². The average Bonchev–Trinajstić information content (AvgIpc) is 2.33. The predicted octanol–water partition coefficient (Wildman–Crippen LogP) is 1.11. The van der Waals surface area contributed by atoms with Crippen molar-refractivity contribution in [2.75, 3.05) is 18.4 Å². The van der Waals surface area contributed by atoms with Gasteiger partial charge in [-0.3, -0.25) is 0 Å². The molecule has 8 nitrogen and oxygen atoms in total. The van der Waals surface area contributed by atoms with Gasteiger partial charge in [-0.1, -0.05) is 0 Å². The number of aromatic nitrogens is 2. The van der Waals surface area contributed by atoms with Crippen LogP contribution in [0.15, 0.2) is 12.4 Å². The molecule has 0 aliphatic carbocycles. The number of carbonyl (C=O) groups is 2. The van der Waals surface area contributed by atoms with Gasteiger partial charge in [0.25, 0.3) is 0 Å². The summed E-state index contributed by atoms with van der Waals surface area (Å²) < 4.78 is 5.06. The molecule has 0 saturated heterocycles. The molecule has 1 heterocycles. The highest BCUT2D eigenvalue weighted by atomic mass is 16.6. The maximum Gasteiger partial charge on any atom is 0.407 e. The number of amides is 1. The minimum absolute atomic E-state index is 0.0161. The van der Waals surface area contributed by atoms with Gasteiger partial charge in [0.15, 0.2) is 0 Å². The molecule has 0 saturated carbocycles. The SMILES string of the molecule is CC(C)(C)OC(=O)NCCNc1ncc(C(=O)O)cn1. The number of nitrogens with one attached hydrogen (secondary N) is 2. The zero-order valence-corrected chi connectivity index (χ0v) is 11.6. The lowest BCUT2D eigenvalue weighted by atomic mass is 10.2. The molecule has 20 heavy (non-hydrogen) atoms. The highest BCUT2D eigenvalue weighted by molar-refractivity contribution is 5.86. The number of hydrogen-bond acceptors (Lipinski definition) is 6. The fourth-order valence-electron chi connectivity index (χ4n) is 1.18. The number of hydrogen-bond donors (Lipinski definition) is 3. The van der Waals surface area contributed by atoms with E-state index in [2.05, 4.69) is 20.6 Å². The van der Waals surface area contributed by atoms with Crippen molar-refractivity contribution in [3.8, 4) is 0 Å². The van der Waals surface area contributed by atoms with Crippen molar-refractivity contribution in [2.24, 2.45) is 0 Å². The number of rotatable bonds is 5. The van der Waals surface area contributed by atoms with Gasteiger partial charge in [0.05, 0.1) is 5.56 Å². The van der Waals surface area contributed by atoms with Gasteiger partial charge in [-0.2, -0.15) is 0 Å². The van der Waals surface area contributed by atoms with Gasteiger partial charge in [0, 0.05) is 25.5 Å². The van der Waals surface area contributed by atoms with Crippen molar-refractivity contribution < 1.29 is 19.4 Å². The van der Waals surface area contributed by atoms with Gasteiger partial charge in [-0.15, -0.1) is 0 Å². The quantitative estimate of drug-likeness (QED) is 0.693. The van der Waals surface area contributed by atoms with Crippen LogP contribution in [0.3, 0.4) is 0 Å². The average molecular weight is 282 g/mol. The zero-order chi connectivity index (χ0) is 15.2. The van der Waals surface area contributed by atoms with E-state index in [0.717, 1.165) is 0 Å². The monoisotopic (exact) mass is 282 g/mol. The summed E-state index contributed by atoms with van der Waals surface area (Å²) in [7, 11) is 0. The first kappa shape index (κ1) is 15.7. The molecule has 110 valence electrons. The largest absolute Gasteiger partial charge is 0.478 e. The van der Waals surface area contributed by atoms with Crippen LogP contribution >= 0.6 is 0 Å². The van der Waals surface area contributed by atoms with Crippen LogP contribution < -0.4 is 10.6 Å². The number of carboxylic acids is 1. The second-order valence-electron chi connectivity index (χ2n) is 4.96. The highest BCUT2D eigenvalue weighted by Gasteiger charge is 2.15. The third-order valence-electron chi connectivity index (χ3n) is 1.98. The molecule has 0 atom stereocenters. The van der Waals surface area contributed by atoms with E-state index in [4.69, 9.17) is 9.84 Å². The third-order valence-corrected chi connectivity index (χ3v) is 1.98. The zero-order valence-electron chi connectivity index (χ0n) is 11.6. The summed E-state index contributed by atoms with van der Waals surface area (Å²) in [5, 5.41) is 14.1. The van der Waals surface area contributed by atoms with Gasteiger partial charge in [0.2, 0.25) is 5.95 Å². The molecule has 0 spiro atoms. The van der Waals surface area contributed by atoms with Gasteiger partial charge in [-0.05, 0) is 20.8 Å². The van der Waals surface area contributed by atoms with Crippen LogP contribution in [0.1, 0.15) is 31.1 Å². The Morgan fingerprint density at radius 2 is 1.85 bits per heavy atom. The third kappa shape index (κ3) is 5.98. The van der Waals surface area contributed by atoms with Gasteiger partial charge >= 0.3 is 12.1 Å². The molecule has 0 fully saturated rings. The predicted molar refractivity (Wildman–Crippen MR) is 71.7 cm³/mol. The number of aromatic carboxylic acids is 1. The molecule has 0 aliphatic rings. The van der Waals surface area contributed by atoms with E-state index in [0.29, 0.717) is 19.0 Å². The van der Waals surface area contributed by atoms with Crippen molar-refractivity contribution in [1.29, 1.82) is 0 Å². The summed E-state index contributed by atoms with van der Waals surface area (Å²) in [5.74, 6) is -0.788. The minimum Gasteiger partial charge on any atom is -0.478 e. The smallest absolute Gasteiger partial charge is 0.407 e. The second-order valence-corrected chi connectivity index (χ2v) is 4.96. The Bertz CT molecular complexity index is 467. The molecular formula is C12H18N4O4. The maximum absolute atomic E-state index is 11.3. The van der Waals surface area contributed by atoms with E-state index in [-0.39, 0.29) is 5.56 Å². The molecule has 0 aromatic carbocycles. The molecule has 1 aromatic rings.